The lowest BCUT2D eigenvalue weighted by Crippen LogP contribution is -2.42. The molecule has 132 valence electrons. The van der Waals surface area contributed by atoms with Gasteiger partial charge in [-0.1, -0.05) is 6.07 Å². The monoisotopic (exact) mass is 346 g/mol. The number of carbonyl (C=O) groups is 1. The number of ether oxygens (including phenoxy) is 1. The van der Waals surface area contributed by atoms with Crippen molar-refractivity contribution in [3.8, 4) is 5.75 Å². The van der Waals surface area contributed by atoms with Crippen LogP contribution in [0, 0.1) is 10.1 Å². The van der Waals surface area contributed by atoms with Crippen LogP contribution in [0.4, 0.5) is 5.88 Å². The molecule has 2 N–H and O–H groups in total. The first-order chi connectivity index (χ1) is 11.9. The fourth-order valence-corrected chi connectivity index (χ4v) is 3.11. The third-order valence-electron chi connectivity index (χ3n) is 4.39. The fourth-order valence-electron chi connectivity index (χ4n) is 3.11. The second kappa shape index (κ2) is 6.56. The first-order valence-corrected chi connectivity index (χ1v) is 7.85. The van der Waals surface area contributed by atoms with Crippen LogP contribution in [0.15, 0.2) is 34.7 Å². The molecule has 2 aromatic rings. The Morgan fingerprint density at radius 2 is 2.24 bits per heavy atom. The molecule has 0 spiro atoms. The number of carbonyl (C=O) groups excluding carboxylic acids is 1. The Kier molecular flexibility index (Phi) is 4.45. The fraction of sp³-hybridized carbons (Fsp3) is 0.353. The number of aryl methyl sites for hydroxylation is 1. The van der Waals surface area contributed by atoms with Crippen LogP contribution in [-0.4, -0.2) is 29.6 Å². The smallest absolute Gasteiger partial charge is 0.433 e. The van der Waals surface area contributed by atoms with Crippen molar-refractivity contribution in [3.63, 3.8) is 0 Å². The molecule has 0 bridgehead atoms. The molecule has 0 saturated carbocycles. The number of nitro groups is 1. The zero-order chi connectivity index (χ0) is 18.0. The molecule has 1 unspecified atom stereocenters. The van der Waals surface area contributed by atoms with E-state index in [1.54, 1.807) is 19.2 Å². The minimum Gasteiger partial charge on any atom is -0.497 e. The lowest BCUT2D eigenvalue weighted by molar-refractivity contribution is -0.402. The van der Waals surface area contributed by atoms with Crippen LogP contribution in [0.2, 0.25) is 0 Å². The van der Waals surface area contributed by atoms with Crippen LogP contribution in [0.1, 0.15) is 34.5 Å². The number of nitrogens with one attached hydrogen (secondary N) is 1. The Morgan fingerprint density at radius 1 is 1.44 bits per heavy atom. The zero-order valence-corrected chi connectivity index (χ0v) is 13.7. The van der Waals surface area contributed by atoms with Gasteiger partial charge in [-0.15, -0.1) is 0 Å². The lowest BCUT2D eigenvalue weighted by Gasteiger charge is -2.34. The third-order valence-corrected chi connectivity index (χ3v) is 4.39. The average molecular weight is 346 g/mol. The van der Waals surface area contributed by atoms with Crippen molar-refractivity contribution < 1.29 is 24.0 Å². The molecular formula is C17H18N2O6. The van der Waals surface area contributed by atoms with Crippen molar-refractivity contribution in [1.82, 2.24) is 5.32 Å². The maximum Gasteiger partial charge on any atom is 0.433 e. The largest absolute Gasteiger partial charge is 0.497 e. The summed E-state index contributed by atoms with van der Waals surface area (Å²) in [7, 11) is 1.58. The van der Waals surface area contributed by atoms with Crippen LogP contribution in [-0.2, 0) is 12.0 Å². The van der Waals surface area contributed by atoms with E-state index in [0.717, 1.165) is 35.8 Å². The molecule has 1 heterocycles. The summed E-state index contributed by atoms with van der Waals surface area (Å²) >= 11 is 0. The quantitative estimate of drug-likeness (QED) is 0.633. The van der Waals surface area contributed by atoms with Gasteiger partial charge in [0, 0.05) is 0 Å². The predicted octanol–water partition coefficient (Wildman–Crippen LogP) is 2.15. The van der Waals surface area contributed by atoms with Crippen LogP contribution in [0.25, 0.3) is 0 Å². The van der Waals surface area contributed by atoms with E-state index in [9.17, 15) is 20.0 Å². The van der Waals surface area contributed by atoms with Crippen LogP contribution in [0.5, 0.6) is 5.75 Å². The number of furan rings is 1. The van der Waals surface area contributed by atoms with E-state index in [-0.39, 0.29) is 12.3 Å². The topological polar surface area (TPSA) is 115 Å². The Balaban J connectivity index is 1.74. The van der Waals surface area contributed by atoms with E-state index < -0.39 is 22.3 Å². The molecule has 1 aliphatic rings. The standard InChI is InChI=1S/C17H18N2O6/c1-24-12-4-5-13-11(9-12)3-2-8-17(13,21)10-18-16(20)14-6-7-15(25-14)19(22)23/h4-7,9,21H,2-3,8,10H2,1H3,(H,18,20). The van der Waals surface area contributed by atoms with Crippen molar-refractivity contribution in [2.24, 2.45) is 0 Å². The Morgan fingerprint density at radius 3 is 2.92 bits per heavy atom. The highest BCUT2D eigenvalue weighted by atomic mass is 16.6. The molecule has 1 aromatic carbocycles. The molecule has 25 heavy (non-hydrogen) atoms. The van der Waals surface area contributed by atoms with Crippen LogP contribution >= 0.6 is 0 Å². The number of hydrogen-bond donors (Lipinski definition) is 2. The number of amides is 1. The van der Waals surface area contributed by atoms with E-state index in [1.165, 1.54) is 6.07 Å². The highest BCUT2D eigenvalue weighted by Crippen LogP contribution is 2.36. The summed E-state index contributed by atoms with van der Waals surface area (Å²) in [6, 6.07) is 7.81. The third kappa shape index (κ3) is 3.34. The number of rotatable bonds is 5. The minimum atomic E-state index is -1.20. The van der Waals surface area contributed by atoms with Gasteiger partial charge in [-0.3, -0.25) is 14.9 Å². The molecule has 1 aromatic heterocycles. The molecular weight excluding hydrogens is 328 g/mol. The van der Waals surface area contributed by atoms with Gasteiger partial charge in [0.1, 0.15) is 16.3 Å². The van der Waals surface area contributed by atoms with Crippen molar-refractivity contribution >= 4 is 11.8 Å². The molecule has 0 saturated heterocycles. The molecule has 8 nitrogen and oxygen atoms in total. The van der Waals surface area contributed by atoms with Gasteiger partial charge < -0.3 is 19.6 Å². The van der Waals surface area contributed by atoms with Crippen molar-refractivity contribution in [1.29, 1.82) is 0 Å². The van der Waals surface area contributed by atoms with Gasteiger partial charge in [0.2, 0.25) is 0 Å². The van der Waals surface area contributed by atoms with Gasteiger partial charge in [0.25, 0.3) is 5.91 Å². The first kappa shape index (κ1) is 17.0. The molecule has 1 atom stereocenters. The second-order valence-electron chi connectivity index (χ2n) is 5.99. The van der Waals surface area contributed by atoms with Gasteiger partial charge >= 0.3 is 5.88 Å². The normalized spacial score (nSPS) is 19.1. The maximum absolute atomic E-state index is 12.1. The summed E-state index contributed by atoms with van der Waals surface area (Å²) in [5.41, 5.74) is 0.537. The molecule has 1 amide bonds. The van der Waals surface area contributed by atoms with Gasteiger partial charge in [-0.05, 0) is 48.6 Å². The average Bonchev–Trinajstić information content (AvgIpc) is 3.10. The number of aliphatic hydroxyl groups is 1. The van der Waals surface area contributed by atoms with Crippen molar-refractivity contribution in [3.05, 3.63) is 57.3 Å². The summed E-state index contributed by atoms with van der Waals surface area (Å²) < 4.78 is 10.1. The van der Waals surface area contributed by atoms with E-state index in [0.29, 0.717) is 6.42 Å². The molecule has 0 aliphatic heterocycles. The molecule has 0 fully saturated rings. The van der Waals surface area contributed by atoms with Gasteiger partial charge in [-0.25, -0.2) is 0 Å². The number of benzene rings is 1. The lowest BCUT2D eigenvalue weighted by atomic mass is 9.79. The van der Waals surface area contributed by atoms with Crippen LogP contribution < -0.4 is 10.1 Å². The Hall–Kier alpha value is -2.87. The highest BCUT2D eigenvalue weighted by molar-refractivity contribution is 5.91. The molecule has 8 heteroatoms. The zero-order valence-electron chi connectivity index (χ0n) is 13.7. The second-order valence-corrected chi connectivity index (χ2v) is 5.99. The molecule has 0 radical (unpaired) electrons. The summed E-state index contributed by atoms with van der Waals surface area (Å²) in [6.45, 7) is -0.0142. The summed E-state index contributed by atoms with van der Waals surface area (Å²) in [4.78, 5) is 22.0. The summed E-state index contributed by atoms with van der Waals surface area (Å²) in [5.74, 6) is -0.558. The minimum absolute atomic E-state index is 0.0142. The highest BCUT2D eigenvalue weighted by Gasteiger charge is 2.35. The maximum atomic E-state index is 12.1. The number of hydrogen-bond acceptors (Lipinski definition) is 6. The van der Waals surface area contributed by atoms with Gasteiger partial charge in [0.05, 0.1) is 19.7 Å². The summed E-state index contributed by atoms with van der Waals surface area (Å²) in [5, 5.41) is 24.2. The van der Waals surface area contributed by atoms with E-state index in [1.807, 2.05) is 6.07 Å². The van der Waals surface area contributed by atoms with Crippen molar-refractivity contribution in [2.75, 3.05) is 13.7 Å². The summed E-state index contributed by atoms with van der Waals surface area (Å²) in [6.07, 6.45) is 2.11. The van der Waals surface area contributed by atoms with E-state index in [4.69, 9.17) is 9.15 Å². The van der Waals surface area contributed by atoms with E-state index >= 15 is 0 Å². The SMILES string of the molecule is COc1ccc2c(c1)CCCC2(O)CNC(=O)c1ccc([N+](=O)[O-])o1. The number of nitrogens with zero attached hydrogens (tertiary/aromatic N) is 1. The number of methoxy groups -OCH3 is 1. The van der Waals surface area contributed by atoms with E-state index in [2.05, 4.69) is 5.32 Å². The molecule has 3 rings (SSSR count). The van der Waals surface area contributed by atoms with Gasteiger partial charge in [0.15, 0.2) is 5.76 Å². The van der Waals surface area contributed by atoms with Gasteiger partial charge in [-0.2, -0.15) is 0 Å². The predicted molar refractivity (Wildman–Crippen MR) is 87.5 cm³/mol. The van der Waals surface area contributed by atoms with Crippen molar-refractivity contribution in [2.45, 2.75) is 24.9 Å². The number of fused-ring (bicyclic) bond motifs is 1. The molecule has 1 aliphatic carbocycles. The Labute approximate surface area is 143 Å². The first-order valence-electron chi connectivity index (χ1n) is 7.85. The van der Waals surface area contributed by atoms with Crippen LogP contribution in [0.3, 0.4) is 0 Å². The Bertz CT molecular complexity index is 815.